The van der Waals surface area contributed by atoms with Gasteiger partial charge in [-0.2, -0.15) is 4.98 Å². The van der Waals surface area contributed by atoms with Crippen LogP contribution in [0.5, 0.6) is 0 Å². The summed E-state index contributed by atoms with van der Waals surface area (Å²) in [7, 11) is 1.72. The predicted molar refractivity (Wildman–Crippen MR) is 127 cm³/mol. The zero-order chi connectivity index (χ0) is 20.9. The summed E-state index contributed by atoms with van der Waals surface area (Å²) in [6.45, 7) is 2.82. The number of guanidine groups is 1. The van der Waals surface area contributed by atoms with Crippen LogP contribution in [0.1, 0.15) is 16.4 Å². The van der Waals surface area contributed by atoms with Gasteiger partial charge in [-0.05, 0) is 24.3 Å². The number of hydrogen-bond acceptors (Lipinski definition) is 6. The van der Waals surface area contributed by atoms with E-state index in [-0.39, 0.29) is 29.9 Å². The molecule has 1 fully saturated rings. The predicted octanol–water partition coefficient (Wildman–Crippen LogP) is 3.13. The molecular weight excluding hydrogens is 535 g/mol. The van der Waals surface area contributed by atoms with Crippen molar-refractivity contribution < 1.29 is 13.7 Å². The Morgan fingerprint density at radius 3 is 2.65 bits per heavy atom. The third-order valence-corrected chi connectivity index (χ3v) is 4.99. The van der Waals surface area contributed by atoms with E-state index < -0.39 is 0 Å². The summed E-state index contributed by atoms with van der Waals surface area (Å²) in [5.41, 5.74) is 0.791. The van der Waals surface area contributed by atoms with Crippen molar-refractivity contribution >= 4 is 47.4 Å². The summed E-state index contributed by atoms with van der Waals surface area (Å²) >= 11 is 6.02. The zero-order valence-electron chi connectivity index (χ0n) is 16.8. The number of rotatable bonds is 4. The quantitative estimate of drug-likeness (QED) is 0.299. The number of amides is 1. The van der Waals surface area contributed by atoms with E-state index in [1.165, 1.54) is 6.26 Å². The van der Waals surface area contributed by atoms with Gasteiger partial charge in [0.05, 0.1) is 12.8 Å². The van der Waals surface area contributed by atoms with Crippen molar-refractivity contribution in [2.45, 2.75) is 6.54 Å². The number of hydrogen-bond donors (Lipinski definition) is 1. The number of aliphatic imine (C=N–C) groups is 1. The molecule has 31 heavy (non-hydrogen) atoms. The molecule has 0 aliphatic carbocycles. The number of carbonyl (C=O) groups excluding carboxylic acids is 1. The van der Waals surface area contributed by atoms with Gasteiger partial charge in [-0.15, -0.1) is 24.0 Å². The van der Waals surface area contributed by atoms with E-state index in [9.17, 15) is 4.79 Å². The molecular formula is C20H22ClIN6O3. The molecule has 0 saturated carbocycles. The Morgan fingerprint density at radius 1 is 1.19 bits per heavy atom. The maximum absolute atomic E-state index is 12.4. The normalized spacial score (nSPS) is 14.3. The van der Waals surface area contributed by atoms with Crippen LogP contribution in [-0.2, 0) is 6.54 Å². The van der Waals surface area contributed by atoms with Crippen molar-refractivity contribution in [3.8, 4) is 11.4 Å². The van der Waals surface area contributed by atoms with Crippen LogP contribution in [0.3, 0.4) is 0 Å². The van der Waals surface area contributed by atoms with Gasteiger partial charge < -0.3 is 24.1 Å². The number of nitrogens with zero attached hydrogens (tertiary/aromatic N) is 5. The summed E-state index contributed by atoms with van der Waals surface area (Å²) in [5.74, 6) is 1.90. The molecule has 11 heteroatoms. The third kappa shape index (κ3) is 5.56. The fourth-order valence-corrected chi connectivity index (χ4v) is 3.43. The number of piperazine rings is 1. The Hall–Kier alpha value is -2.60. The zero-order valence-corrected chi connectivity index (χ0v) is 19.9. The minimum atomic E-state index is -0.0954. The highest BCUT2D eigenvalue weighted by molar-refractivity contribution is 14.0. The van der Waals surface area contributed by atoms with Gasteiger partial charge in [-0.25, -0.2) is 0 Å². The molecule has 0 unspecified atom stereocenters. The molecule has 3 aromatic rings. The van der Waals surface area contributed by atoms with Crippen LogP contribution >= 0.6 is 35.6 Å². The lowest BCUT2D eigenvalue weighted by molar-refractivity contribution is 0.0657. The van der Waals surface area contributed by atoms with Crippen molar-refractivity contribution in [2.75, 3.05) is 33.2 Å². The Labute approximate surface area is 201 Å². The molecule has 0 radical (unpaired) electrons. The lowest BCUT2D eigenvalue weighted by Gasteiger charge is -2.36. The molecule has 1 aromatic carbocycles. The molecule has 0 atom stereocenters. The van der Waals surface area contributed by atoms with Crippen LogP contribution in [0.2, 0.25) is 5.02 Å². The van der Waals surface area contributed by atoms with E-state index in [1.54, 1.807) is 36.2 Å². The van der Waals surface area contributed by atoms with Gasteiger partial charge >= 0.3 is 0 Å². The Kier molecular flexibility index (Phi) is 7.91. The van der Waals surface area contributed by atoms with Crippen molar-refractivity contribution in [2.24, 2.45) is 4.99 Å². The van der Waals surface area contributed by atoms with Gasteiger partial charge in [0.25, 0.3) is 5.91 Å². The lowest BCUT2D eigenvalue weighted by Crippen LogP contribution is -2.53. The Balaban J connectivity index is 0.00000272. The number of halogens is 2. The van der Waals surface area contributed by atoms with Crippen molar-refractivity contribution in [1.82, 2.24) is 25.3 Å². The van der Waals surface area contributed by atoms with Gasteiger partial charge in [-0.3, -0.25) is 9.79 Å². The lowest BCUT2D eigenvalue weighted by atomic mass is 10.2. The average Bonchev–Trinajstić information content (AvgIpc) is 3.47. The first-order valence-corrected chi connectivity index (χ1v) is 9.89. The van der Waals surface area contributed by atoms with E-state index in [0.29, 0.717) is 61.2 Å². The third-order valence-electron chi connectivity index (χ3n) is 4.76. The van der Waals surface area contributed by atoms with Crippen LogP contribution in [0.4, 0.5) is 0 Å². The number of nitrogens with one attached hydrogen (secondary N) is 1. The molecule has 1 amide bonds. The molecule has 1 saturated heterocycles. The van der Waals surface area contributed by atoms with E-state index >= 15 is 0 Å². The minimum absolute atomic E-state index is 0. The molecule has 1 aliphatic heterocycles. The number of carbonyl (C=O) groups is 1. The van der Waals surface area contributed by atoms with E-state index in [0.717, 1.165) is 5.56 Å². The maximum atomic E-state index is 12.4. The summed E-state index contributed by atoms with van der Waals surface area (Å²) in [5, 5.41) is 7.85. The van der Waals surface area contributed by atoms with Crippen LogP contribution in [-0.4, -0.2) is 65.0 Å². The largest absolute Gasteiger partial charge is 0.459 e. The highest BCUT2D eigenvalue weighted by Crippen LogP contribution is 2.20. The SMILES string of the molecule is CN=C(NCc1nc(-c2cccc(Cl)c2)no1)N1CCN(C(=O)c2ccco2)CC1.I. The Morgan fingerprint density at radius 2 is 1.97 bits per heavy atom. The molecule has 164 valence electrons. The maximum Gasteiger partial charge on any atom is 0.289 e. The van der Waals surface area contributed by atoms with Crippen molar-refractivity contribution in [3.63, 3.8) is 0 Å². The van der Waals surface area contributed by atoms with Gasteiger partial charge in [0.1, 0.15) is 0 Å². The second-order valence-electron chi connectivity index (χ2n) is 6.68. The van der Waals surface area contributed by atoms with E-state index in [2.05, 4.69) is 25.3 Å². The van der Waals surface area contributed by atoms with Gasteiger partial charge in [0, 0.05) is 43.8 Å². The van der Waals surface area contributed by atoms with Gasteiger partial charge in [0.15, 0.2) is 11.7 Å². The summed E-state index contributed by atoms with van der Waals surface area (Å²) in [6, 6.07) is 10.7. The van der Waals surface area contributed by atoms with Crippen LogP contribution in [0.15, 0.2) is 56.6 Å². The monoisotopic (exact) mass is 556 g/mol. The van der Waals surface area contributed by atoms with E-state index in [4.69, 9.17) is 20.5 Å². The first-order chi connectivity index (χ1) is 14.6. The molecule has 1 aliphatic rings. The van der Waals surface area contributed by atoms with Crippen LogP contribution < -0.4 is 5.32 Å². The molecule has 1 N–H and O–H groups in total. The van der Waals surface area contributed by atoms with Gasteiger partial charge in [0.2, 0.25) is 11.7 Å². The van der Waals surface area contributed by atoms with E-state index in [1.807, 2.05) is 12.1 Å². The summed E-state index contributed by atoms with van der Waals surface area (Å²) in [4.78, 5) is 25.0. The standard InChI is InChI=1S/C20H21ClN6O3.HI/c1-22-20(27-9-7-26(8-10-27)19(28)16-6-3-11-29-16)23-13-17-24-18(25-30-17)14-4-2-5-15(21)12-14;/h2-6,11-12H,7-10,13H2,1H3,(H,22,23);1H. The Bertz CT molecular complexity index is 1030. The first-order valence-electron chi connectivity index (χ1n) is 9.51. The second kappa shape index (κ2) is 10.6. The molecule has 4 rings (SSSR count). The number of aromatic nitrogens is 2. The van der Waals surface area contributed by atoms with Crippen LogP contribution in [0.25, 0.3) is 11.4 Å². The molecule has 0 spiro atoms. The molecule has 9 nitrogen and oxygen atoms in total. The minimum Gasteiger partial charge on any atom is -0.459 e. The van der Waals surface area contributed by atoms with Crippen LogP contribution in [0, 0.1) is 0 Å². The smallest absolute Gasteiger partial charge is 0.289 e. The first kappa shape index (κ1) is 23.1. The fraction of sp³-hybridized carbons (Fsp3) is 0.300. The van der Waals surface area contributed by atoms with Gasteiger partial charge in [-0.1, -0.05) is 28.9 Å². The topological polar surface area (TPSA) is 100 Å². The highest BCUT2D eigenvalue weighted by Gasteiger charge is 2.25. The average molecular weight is 557 g/mol. The molecule has 0 bridgehead atoms. The fourth-order valence-electron chi connectivity index (χ4n) is 3.24. The number of furan rings is 1. The summed E-state index contributed by atoms with van der Waals surface area (Å²) in [6.07, 6.45) is 1.50. The second-order valence-corrected chi connectivity index (χ2v) is 7.12. The highest BCUT2D eigenvalue weighted by atomic mass is 127. The summed E-state index contributed by atoms with van der Waals surface area (Å²) < 4.78 is 10.5. The molecule has 3 heterocycles. The number of benzene rings is 1. The molecule has 2 aromatic heterocycles. The van der Waals surface area contributed by atoms with Crippen molar-refractivity contribution in [1.29, 1.82) is 0 Å². The van der Waals surface area contributed by atoms with Crippen molar-refractivity contribution in [3.05, 3.63) is 59.3 Å².